The van der Waals surface area contributed by atoms with Crippen molar-refractivity contribution in [1.29, 1.82) is 0 Å². The number of hydrogen-bond acceptors (Lipinski definition) is 4. The third kappa shape index (κ3) is 17.0. The lowest BCUT2D eigenvalue weighted by atomic mass is 10.0. The molecule has 0 spiro atoms. The van der Waals surface area contributed by atoms with Crippen molar-refractivity contribution in [1.82, 2.24) is 0 Å². The van der Waals surface area contributed by atoms with Crippen molar-refractivity contribution in [2.45, 2.75) is 101 Å². The van der Waals surface area contributed by atoms with Gasteiger partial charge in [0.25, 0.3) is 0 Å². The predicted molar refractivity (Wildman–Crippen MR) is 98.4 cm³/mol. The van der Waals surface area contributed by atoms with E-state index in [0.29, 0.717) is 51.4 Å². The van der Waals surface area contributed by atoms with Crippen molar-refractivity contribution in [3.8, 4) is 0 Å². The monoisotopic (exact) mass is 418 g/mol. The van der Waals surface area contributed by atoms with Crippen LogP contribution < -0.4 is 0 Å². The lowest BCUT2D eigenvalue weighted by Crippen LogP contribution is -2.20. The number of aliphatic carboxylic acids is 1. The molecule has 0 radical (unpaired) electrons. The van der Waals surface area contributed by atoms with Crippen molar-refractivity contribution in [3.05, 3.63) is 0 Å². The third-order valence-electron chi connectivity index (χ3n) is 4.58. The van der Waals surface area contributed by atoms with Crippen LogP contribution in [0, 0.1) is 0 Å². The molecule has 0 saturated carbocycles. The number of aliphatic hydroxyl groups excluding tert-OH is 1. The average molecular weight is 419 g/mol. The number of rotatable bonds is 16. The maximum atomic E-state index is 12.0. The molecular formula is C18H33F3O5S. The number of aliphatic hydroxyl groups is 1. The first kappa shape index (κ1) is 26.2. The fourth-order valence-electron chi connectivity index (χ4n) is 3.01. The molecular weight excluding hydrogens is 385 g/mol. The molecule has 0 rings (SSSR count). The van der Waals surface area contributed by atoms with Crippen LogP contribution in [-0.4, -0.2) is 48.4 Å². The Kier molecular flexibility index (Phi) is 13.0. The minimum absolute atomic E-state index is 0.00555. The van der Waals surface area contributed by atoms with Crippen LogP contribution in [0.25, 0.3) is 0 Å². The maximum Gasteiger partial charge on any atom is 0.389 e. The molecule has 2 N–H and O–H groups in total. The average Bonchev–Trinajstić information content (AvgIpc) is 2.50. The van der Waals surface area contributed by atoms with Gasteiger partial charge in [0.2, 0.25) is 0 Å². The molecule has 9 heteroatoms. The fraction of sp³-hybridized carbons (Fsp3) is 0.944. The number of unbranched alkanes of at least 4 members (excludes halogenated alkanes) is 4. The van der Waals surface area contributed by atoms with Crippen LogP contribution in [0.1, 0.15) is 83.5 Å². The number of carboxylic acid groups (broad SMARTS) is 1. The van der Waals surface area contributed by atoms with Gasteiger partial charge < -0.3 is 10.2 Å². The Morgan fingerprint density at radius 2 is 1.41 bits per heavy atom. The van der Waals surface area contributed by atoms with Gasteiger partial charge in [-0.2, -0.15) is 13.2 Å². The summed E-state index contributed by atoms with van der Waals surface area (Å²) in [6.07, 6.45) is 0.834. The molecule has 0 saturated heterocycles. The molecule has 0 fully saturated rings. The Hall–Kier alpha value is -0.830. The largest absolute Gasteiger partial charge is 0.481 e. The zero-order chi connectivity index (χ0) is 20.9. The second-order valence-corrected chi connectivity index (χ2v) is 9.57. The summed E-state index contributed by atoms with van der Waals surface area (Å²) in [5.74, 6) is -0.832. The Labute approximate surface area is 160 Å². The number of alkyl halides is 3. The van der Waals surface area contributed by atoms with Crippen LogP contribution in [0.3, 0.4) is 0 Å². The Morgan fingerprint density at radius 3 is 1.96 bits per heavy atom. The van der Waals surface area contributed by atoms with E-state index >= 15 is 0 Å². The van der Waals surface area contributed by atoms with E-state index in [2.05, 4.69) is 0 Å². The summed E-state index contributed by atoms with van der Waals surface area (Å²) in [4.78, 5) is 10.4. The van der Waals surface area contributed by atoms with Gasteiger partial charge in [0, 0.05) is 19.1 Å². The zero-order valence-corrected chi connectivity index (χ0v) is 16.8. The van der Waals surface area contributed by atoms with E-state index in [-0.39, 0.29) is 12.8 Å². The summed E-state index contributed by atoms with van der Waals surface area (Å²) in [7, 11) is -3.21. The minimum Gasteiger partial charge on any atom is -0.481 e. The fourth-order valence-corrected chi connectivity index (χ4v) is 4.19. The lowest BCUT2D eigenvalue weighted by molar-refractivity contribution is -0.137. The topological polar surface area (TPSA) is 91.7 Å². The lowest BCUT2D eigenvalue weighted by Gasteiger charge is -2.16. The number of sulfone groups is 1. The van der Waals surface area contributed by atoms with Crippen LogP contribution in [-0.2, 0) is 14.6 Å². The normalized spacial score (nSPS) is 14.9. The Balaban J connectivity index is 3.99. The van der Waals surface area contributed by atoms with Gasteiger partial charge in [-0.25, -0.2) is 8.42 Å². The quantitative estimate of drug-likeness (QED) is 0.361. The second-order valence-electron chi connectivity index (χ2n) is 7.24. The summed E-state index contributed by atoms with van der Waals surface area (Å²) < 4.78 is 59.9. The molecule has 0 bridgehead atoms. The summed E-state index contributed by atoms with van der Waals surface area (Å²) in [6.45, 7) is 0. The van der Waals surface area contributed by atoms with Crippen molar-refractivity contribution in [2.24, 2.45) is 0 Å². The van der Waals surface area contributed by atoms with Gasteiger partial charge in [0.05, 0.1) is 11.4 Å². The van der Waals surface area contributed by atoms with E-state index in [1.807, 2.05) is 0 Å². The van der Waals surface area contributed by atoms with E-state index in [0.717, 1.165) is 12.8 Å². The summed E-state index contributed by atoms with van der Waals surface area (Å²) in [5, 5.41) is 17.9. The van der Waals surface area contributed by atoms with Gasteiger partial charge in [-0.15, -0.1) is 0 Å². The summed E-state index contributed by atoms with van der Waals surface area (Å²) in [6, 6.07) is 0. The highest BCUT2D eigenvalue weighted by atomic mass is 32.2. The van der Waals surface area contributed by atoms with Crippen molar-refractivity contribution in [2.75, 3.05) is 6.26 Å². The van der Waals surface area contributed by atoms with E-state index < -0.39 is 39.8 Å². The van der Waals surface area contributed by atoms with Crippen molar-refractivity contribution in [3.63, 3.8) is 0 Å². The van der Waals surface area contributed by atoms with Gasteiger partial charge in [0.15, 0.2) is 0 Å². The Morgan fingerprint density at radius 1 is 0.889 bits per heavy atom. The van der Waals surface area contributed by atoms with Gasteiger partial charge in [-0.05, 0) is 44.9 Å². The highest BCUT2D eigenvalue weighted by Gasteiger charge is 2.26. The number of carbonyl (C=O) groups is 1. The van der Waals surface area contributed by atoms with Gasteiger partial charge in [-0.3, -0.25) is 4.79 Å². The van der Waals surface area contributed by atoms with Gasteiger partial charge in [0.1, 0.15) is 9.84 Å². The number of halogens is 3. The molecule has 0 amide bonds. The van der Waals surface area contributed by atoms with E-state index in [9.17, 15) is 31.5 Å². The highest BCUT2D eigenvalue weighted by Crippen LogP contribution is 2.24. The zero-order valence-electron chi connectivity index (χ0n) is 16.0. The SMILES string of the molecule is CS(=O)(=O)C(CCCCCCC(=O)O)CCCC(O)CCCCC(F)(F)F. The van der Waals surface area contributed by atoms with Crippen LogP contribution in [0.4, 0.5) is 13.2 Å². The van der Waals surface area contributed by atoms with Gasteiger partial charge in [-0.1, -0.05) is 25.7 Å². The first-order chi connectivity index (χ1) is 12.4. The molecule has 0 aromatic heterocycles. The third-order valence-corrected chi connectivity index (χ3v) is 6.27. The molecule has 162 valence electrons. The van der Waals surface area contributed by atoms with E-state index in [4.69, 9.17) is 5.11 Å². The molecule has 5 nitrogen and oxygen atoms in total. The molecule has 0 aromatic carbocycles. The minimum atomic E-state index is -4.17. The predicted octanol–water partition coefficient (Wildman–Crippen LogP) is 4.48. The summed E-state index contributed by atoms with van der Waals surface area (Å²) in [5.41, 5.74) is 0. The summed E-state index contributed by atoms with van der Waals surface area (Å²) >= 11 is 0. The molecule has 2 unspecified atom stereocenters. The van der Waals surface area contributed by atoms with Crippen molar-refractivity contribution < 1.29 is 36.6 Å². The Bertz CT molecular complexity index is 506. The molecule has 0 aromatic rings. The number of hydrogen-bond donors (Lipinski definition) is 2. The first-order valence-electron chi connectivity index (χ1n) is 9.57. The van der Waals surface area contributed by atoms with Crippen LogP contribution in [0.5, 0.6) is 0 Å². The second kappa shape index (κ2) is 13.4. The first-order valence-corrected chi connectivity index (χ1v) is 11.5. The van der Waals surface area contributed by atoms with Gasteiger partial charge >= 0.3 is 12.1 Å². The molecule has 0 heterocycles. The van der Waals surface area contributed by atoms with Crippen LogP contribution in [0.2, 0.25) is 0 Å². The molecule has 0 aliphatic carbocycles. The van der Waals surface area contributed by atoms with E-state index in [1.54, 1.807) is 0 Å². The molecule has 0 aliphatic heterocycles. The van der Waals surface area contributed by atoms with Crippen LogP contribution >= 0.6 is 0 Å². The number of carboxylic acids is 1. The van der Waals surface area contributed by atoms with Crippen LogP contribution in [0.15, 0.2) is 0 Å². The van der Waals surface area contributed by atoms with E-state index in [1.165, 1.54) is 6.26 Å². The standard InChI is InChI=1S/C18H33F3O5S/c1-27(25,26)16(11-4-2-3-5-13-17(23)24)12-8-10-15(22)9-6-7-14-18(19,20)21/h15-16,22H,2-14H2,1H3,(H,23,24). The highest BCUT2D eigenvalue weighted by molar-refractivity contribution is 7.91. The maximum absolute atomic E-state index is 12.0. The molecule has 0 aliphatic rings. The smallest absolute Gasteiger partial charge is 0.389 e. The van der Waals surface area contributed by atoms with Crippen molar-refractivity contribution >= 4 is 15.8 Å². The molecule has 2 atom stereocenters. The molecule has 27 heavy (non-hydrogen) atoms.